The van der Waals surface area contributed by atoms with Crippen molar-refractivity contribution in [3.8, 4) is 11.1 Å². The Morgan fingerprint density at radius 2 is 1.76 bits per heavy atom. The Balaban J connectivity index is 2.67. The summed E-state index contributed by atoms with van der Waals surface area (Å²) in [7, 11) is 3.67. The van der Waals surface area contributed by atoms with Crippen LogP contribution in [0.2, 0.25) is 5.02 Å². The molecule has 110 valence electrons. The van der Waals surface area contributed by atoms with E-state index in [1.807, 2.05) is 33.2 Å². The van der Waals surface area contributed by atoms with Gasteiger partial charge >= 0.3 is 0 Å². The second-order valence-electron chi connectivity index (χ2n) is 4.73. The van der Waals surface area contributed by atoms with Crippen molar-refractivity contribution in [1.82, 2.24) is 15.0 Å². The van der Waals surface area contributed by atoms with E-state index in [1.165, 1.54) is 0 Å². The zero-order valence-electron chi connectivity index (χ0n) is 12.1. The summed E-state index contributed by atoms with van der Waals surface area (Å²) in [6.07, 6.45) is 0. The molecule has 6 nitrogen and oxygen atoms in total. The van der Waals surface area contributed by atoms with E-state index >= 15 is 0 Å². The predicted molar refractivity (Wildman–Crippen MR) is 87.2 cm³/mol. The third-order valence-electron chi connectivity index (χ3n) is 2.78. The number of anilines is 2. The molecule has 0 aliphatic heterocycles. The van der Waals surface area contributed by atoms with Crippen LogP contribution in [0.1, 0.15) is 12.6 Å². The van der Waals surface area contributed by atoms with Gasteiger partial charge < -0.3 is 16.5 Å². The number of benzene rings is 1. The minimum Gasteiger partial charge on any atom is -0.383 e. The molecule has 0 fully saturated rings. The normalized spacial score (nSPS) is 11.5. The number of nitrogen functional groups attached to an aromatic ring is 2. The summed E-state index contributed by atoms with van der Waals surface area (Å²) in [6.45, 7) is 1.85. The van der Waals surface area contributed by atoms with Crippen molar-refractivity contribution in [2.24, 2.45) is 5.10 Å². The molecule has 0 aliphatic carbocycles. The van der Waals surface area contributed by atoms with Crippen LogP contribution in [-0.2, 0) is 0 Å². The maximum Gasteiger partial charge on any atom is 0.222 e. The second kappa shape index (κ2) is 5.97. The Bertz CT molecular complexity index is 679. The van der Waals surface area contributed by atoms with Crippen molar-refractivity contribution in [3.63, 3.8) is 0 Å². The molecule has 0 aliphatic rings. The molecule has 0 spiro atoms. The summed E-state index contributed by atoms with van der Waals surface area (Å²) in [5, 5.41) is 6.69. The Kier molecular flexibility index (Phi) is 4.28. The van der Waals surface area contributed by atoms with Crippen LogP contribution in [-0.4, -0.2) is 34.8 Å². The lowest BCUT2D eigenvalue weighted by molar-refractivity contribution is 0.437. The predicted octanol–water partition coefficient (Wildman–Crippen LogP) is 2.25. The van der Waals surface area contributed by atoms with Gasteiger partial charge in [-0.25, -0.2) is 4.98 Å². The zero-order chi connectivity index (χ0) is 15.6. The van der Waals surface area contributed by atoms with E-state index < -0.39 is 0 Å². The Morgan fingerprint density at radius 3 is 2.33 bits per heavy atom. The van der Waals surface area contributed by atoms with Gasteiger partial charge in [-0.15, -0.1) is 0 Å². The highest BCUT2D eigenvalue weighted by Gasteiger charge is 2.16. The number of nitrogens with zero attached hydrogens (tertiary/aromatic N) is 4. The molecule has 0 unspecified atom stereocenters. The van der Waals surface area contributed by atoms with Crippen LogP contribution in [0.5, 0.6) is 0 Å². The first-order valence-corrected chi connectivity index (χ1v) is 6.68. The van der Waals surface area contributed by atoms with Gasteiger partial charge in [0, 0.05) is 19.1 Å². The number of rotatable bonds is 3. The second-order valence-corrected chi connectivity index (χ2v) is 5.17. The van der Waals surface area contributed by atoms with Gasteiger partial charge in [-0.05, 0) is 24.6 Å². The van der Waals surface area contributed by atoms with Gasteiger partial charge in [0.1, 0.15) is 11.5 Å². The Morgan fingerprint density at radius 1 is 1.14 bits per heavy atom. The van der Waals surface area contributed by atoms with Crippen molar-refractivity contribution < 1.29 is 0 Å². The lowest BCUT2D eigenvalue weighted by atomic mass is 10.0. The first kappa shape index (κ1) is 15.1. The van der Waals surface area contributed by atoms with E-state index in [9.17, 15) is 0 Å². The van der Waals surface area contributed by atoms with Crippen molar-refractivity contribution in [3.05, 3.63) is 35.0 Å². The molecule has 21 heavy (non-hydrogen) atoms. The van der Waals surface area contributed by atoms with Gasteiger partial charge in [-0.2, -0.15) is 10.1 Å². The lowest BCUT2D eigenvalue weighted by Gasteiger charge is -2.13. The van der Waals surface area contributed by atoms with Crippen molar-refractivity contribution in [2.75, 3.05) is 25.6 Å². The minimum atomic E-state index is 0.119. The first-order chi connectivity index (χ1) is 9.88. The molecule has 0 radical (unpaired) electrons. The smallest absolute Gasteiger partial charge is 0.222 e. The number of hydrogen-bond donors (Lipinski definition) is 2. The van der Waals surface area contributed by atoms with Crippen LogP contribution in [0.3, 0.4) is 0 Å². The zero-order valence-corrected chi connectivity index (χ0v) is 12.9. The third-order valence-corrected chi connectivity index (χ3v) is 3.03. The van der Waals surface area contributed by atoms with Gasteiger partial charge in [0.2, 0.25) is 5.95 Å². The van der Waals surface area contributed by atoms with E-state index in [4.69, 9.17) is 23.1 Å². The summed E-state index contributed by atoms with van der Waals surface area (Å²) in [5.41, 5.74) is 14.6. The van der Waals surface area contributed by atoms with Gasteiger partial charge in [-0.1, -0.05) is 23.7 Å². The van der Waals surface area contributed by atoms with Gasteiger partial charge in [0.15, 0.2) is 0 Å². The highest BCUT2D eigenvalue weighted by molar-refractivity contribution is 6.30. The number of nitrogens with two attached hydrogens (primary N) is 2. The molecule has 1 aromatic heterocycles. The fourth-order valence-corrected chi connectivity index (χ4v) is 2.13. The van der Waals surface area contributed by atoms with Crippen LogP contribution in [0, 0.1) is 0 Å². The fourth-order valence-electron chi connectivity index (χ4n) is 2.01. The number of hydrogen-bond acceptors (Lipinski definition) is 6. The topological polar surface area (TPSA) is 93.4 Å². The van der Waals surface area contributed by atoms with Gasteiger partial charge in [-0.3, -0.25) is 0 Å². The molecule has 0 amide bonds. The quantitative estimate of drug-likeness (QED) is 0.670. The molecule has 2 rings (SSSR count). The van der Waals surface area contributed by atoms with Crippen LogP contribution in [0.25, 0.3) is 11.1 Å². The molecule has 1 aromatic carbocycles. The monoisotopic (exact) mass is 304 g/mol. The summed E-state index contributed by atoms with van der Waals surface area (Å²) in [6, 6.07) is 7.30. The van der Waals surface area contributed by atoms with E-state index in [2.05, 4.69) is 15.1 Å². The van der Waals surface area contributed by atoms with Crippen LogP contribution < -0.4 is 11.5 Å². The van der Waals surface area contributed by atoms with Crippen LogP contribution in [0.4, 0.5) is 11.8 Å². The molecule has 7 heteroatoms. The average Bonchev–Trinajstić information content (AvgIpc) is 2.38. The summed E-state index contributed by atoms with van der Waals surface area (Å²) < 4.78 is 0. The fraction of sp³-hybridized carbons (Fsp3) is 0.214. The number of aromatic nitrogens is 2. The molecule has 2 aromatic rings. The maximum atomic E-state index is 6.03. The molecule has 0 atom stereocenters. The van der Waals surface area contributed by atoms with E-state index in [-0.39, 0.29) is 5.95 Å². The summed E-state index contributed by atoms with van der Waals surface area (Å²) in [4.78, 5) is 8.32. The van der Waals surface area contributed by atoms with Crippen molar-refractivity contribution in [1.29, 1.82) is 0 Å². The van der Waals surface area contributed by atoms with Crippen molar-refractivity contribution in [2.45, 2.75) is 6.92 Å². The van der Waals surface area contributed by atoms with Gasteiger partial charge in [0.05, 0.1) is 11.3 Å². The Hall–Kier alpha value is -2.34. The number of halogens is 1. The molecule has 0 saturated heterocycles. The van der Waals surface area contributed by atoms with E-state index in [0.29, 0.717) is 27.8 Å². The highest BCUT2D eigenvalue weighted by atomic mass is 35.5. The third kappa shape index (κ3) is 3.41. The molecule has 0 bridgehead atoms. The summed E-state index contributed by atoms with van der Waals surface area (Å²) >= 11 is 5.92. The average molecular weight is 305 g/mol. The maximum absolute atomic E-state index is 6.03. The molecule has 0 saturated carbocycles. The largest absolute Gasteiger partial charge is 0.383 e. The van der Waals surface area contributed by atoms with E-state index in [0.717, 1.165) is 5.56 Å². The van der Waals surface area contributed by atoms with Crippen LogP contribution in [0.15, 0.2) is 29.4 Å². The standard InChI is InChI=1S/C14H17ClN6/c1-8(20-21(2)3)12-11(13(16)19-14(17)18-12)9-4-6-10(15)7-5-9/h4-7H,1-3H3,(H4,16,17,18,19)/b20-8-. The Labute approximate surface area is 128 Å². The van der Waals surface area contributed by atoms with Crippen molar-refractivity contribution >= 4 is 29.1 Å². The number of hydrazone groups is 1. The van der Waals surface area contributed by atoms with E-state index in [1.54, 1.807) is 17.1 Å². The summed E-state index contributed by atoms with van der Waals surface area (Å²) in [5.74, 6) is 0.432. The highest BCUT2D eigenvalue weighted by Crippen LogP contribution is 2.29. The lowest BCUT2D eigenvalue weighted by Crippen LogP contribution is -2.13. The van der Waals surface area contributed by atoms with Crippen LogP contribution >= 0.6 is 11.6 Å². The molecular formula is C14H17ClN6. The van der Waals surface area contributed by atoms with Gasteiger partial charge in [0.25, 0.3) is 0 Å². The SMILES string of the molecule is C/C(=N/N(C)C)c1nc(N)nc(N)c1-c1ccc(Cl)cc1. The molecule has 1 heterocycles. The molecular weight excluding hydrogens is 288 g/mol. The minimum absolute atomic E-state index is 0.119. The first-order valence-electron chi connectivity index (χ1n) is 6.30. The molecule has 4 N–H and O–H groups in total.